The van der Waals surface area contributed by atoms with Gasteiger partial charge < -0.3 is 14.5 Å². The number of nitrogens with zero attached hydrogens (tertiary/aromatic N) is 2. The first kappa shape index (κ1) is 17.0. The summed E-state index contributed by atoms with van der Waals surface area (Å²) in [4.78, 5) is 17.5. The first-order valence-electron chi connectivity index (χ1n) is 10.00. The molecule has 1 aromatic carbocycles. The summed E-state index contributed by atoms with van der Waals surface area (Å²) in [6.45, 7) is 5.07. The molecule has 4 rings (SSSR count). The van der Waals surface area contributed by atoms with Gasteiger partial charge in [0.05, 0.1) is 18.1 Å². The molecule has 3 saturated heterocycles. The van der Waals surface area contributed by atoms with Crippen LogP contribution in [0.5, 0.6) is 0 Å². The van der Waals surface area contributed by atoms with Gasteiger partial charge in [-0.25, -0.2) is 0 Å². The summed E-state index contributed by atoms with van der Waals surface area (Å²) in [6, 6.07) is 10.7. The lowest BCUT2D eigenvalue weighted by Crippen LogP contribution is -2.42. The van der Waals surface area contributed by atoms with Crippen molar-refractivity contribution < 1.29 is 9.53 Å². The summed E-state index contributed by atoms with van der Waals surface area (Å²) in [6.07, 6.45) is 7.20. The zero-order chi connectivity index (χ0) is 17.1. The van der Waals surface area contributed by atoms with Crippen LogP contribution >= 0.6 is 0 Å². The fourth-order valence-corrected chi connectivity index (χ4v) is 4.70. The van der Waals surface area contributed by atoms with Gasteiger partial charge in [0.15, 0.2) is 0 Å². The summed E-state index contributed by atoms with van der Waals surface area (Å²) in [5.41, 5.74) is 1.42. The Hall–Kier alpha value is -1.39. The number of rotatable bonds is 5. The smallest absolute Gasteiger partial charge is 0.228 e. The molecule has 0 radical (unpaired) electrons. The lowest BCUT2D eigenvalue weighted by Gasteiger charge is -2.27. The molecule has 0 saturated carbocycles. The van der Waals surface area contributed by atoms with E-state index in [1.807, 2.05) is 0 Å². The van der Waals surface area contributed by atoms with Gasteiger partial charge >= 0.3 is 0 Å². The van der Waals surface area contributed by atoms with E-state index >= 15 is 0 Å². The van der Waals surface area contributed by atoms with E-state index in [1.165, 1.54) is 12.0 Å². The monoisotopic (exact) mass is 342 g/mol. The van der Waals surface area contributed by atoms with E-state index in [-0.39, 0.29) is 12.0 Å². The number of benzene rings is 1. The Morgan fingerprint density at radius 1 is 1.08 bits per heavy atom. The van der Waals surface area contributed by atoms with Gasteiger partial charge in [-0.2, -0.15) is 0 Å². The largest absolute Gasteiger partial charge is 0.374 e. The minimum atomic E-state index is 0.142. The number of hydrogen-bond acceptors (Lipinski definition) is 3. The maximum atomic E-state index is 12.9. The highest BCUT2D eigenvalue weighted by atomic mass is 16.5. The zero-order valence-electron chi connectivity index (χ0n) is 15.1. The molecule has 0 spiro atoms. The predicted octanol–water partition coefficient (Wildman–Crippen LogP) is 2.72. The van der Waals surface area contributed by atoms with Crippen LogP contribution in [-0.4, -0.2) is 60.6 Å². The molecule has 4 nitrogen and oxygen atoms in total. The van der Waals surface area contributed by atoms with Crippen molar-refractivity contribution in [2.75, 3.05) is 32.7 Å². The molecule has 1 amide bonds. The van der Waals surface area contributed by atoms with E-state index in [4.69, 9.17) is 4.74 Å². The number of hydrogen-bond donors (Lipinski definition) is 0. The minimum absolute atomic E-state index is 0.142. The van der Waals surface area contributed by atoms with Gasteiger partial charge in [-0.15, -0.1) is 0 Å². The summed E-state index contributed by atoms with van der Waals surface area (Å²) >= 11 is 0. The topological polar surface area (TPSA) is 32.8 Å². The molecule has 3 aliphatic heterocycles. The predicted molar refractivity (Wildman–Crippen MR) is 98.4 cm³/mol. The third kappa shape index (κ3) is 4.06. The number of amides is 1. The highest BCUT2D eigenvalue weighted by Crippen LogP contribution is 2.39. The van der Waals surface area contributed by atoms with Crippen LogP contribution in [0.25, 0.3) is 0 Å². The fourth-order valence-electron chi connectivity index (χ4n) is 4.70. The molecule has 3 heterocycles. The number of ether oxygens (including phenoxy) is 1. The van der Waals surface area contributed by atoms with Crippen LogP contribution < -0.4 is 0 Å². The fraction of sp³-hybridized carbons (Fsp3) is 0.667. The average molecular weight is 342 g/mol. The van der Waals surface area contributed by atoms with Crippen LogP contribution in [0.15, 0.2) is 30.3 Å². The number of aryl methyl sites for hydroxylation is 1. The Bertz CT molecular complexity index is 577. The van der Waals surface area contributed by atoms with Crippen LogP contribution in [0.3, 0.4) is 0 Å². The number of fused-ring (bicyclic) bond motifs is 2. The van der Waals surface area contributed by atoms with Crippen LogP contribution in [0, 0.1) is 5.92 Å². The van der Waals surface area contributed by atoms with Crippen LogP contribution in [0.4, 0.5) is 0 Å². The van der Waals surface area contributed by atoms with Crippen molar-refractivity contribution in [2.24, 2.45) is 5.92 Å². The van der Waals surface area contributed by atoms with Gasteiger partial charge in [-0.3, -0.25) is 4.79 Å². The summed E-state index contributed by atoms with van der Waals surface area (Å²) < 4.78 is 5.89. The summed E-state index contributed by atoms with van der Waals surface area (Å²) in [7, 11) is 0. The Kier molecular flexibility index (Phi) is 5.37. The van der Waals surface area contributed by atoms with Gasteiger partial charge in [0, 0.05) is 19.6 Å². The SMILES string of the molecule is O=C(C1CC2CCC1O2)N1CCCN(CCCc2ccccc2)CC1. The molecule has 3 atom stereocenters. The van der Waals surface area contributed by atoms with Crippen molar-refractivity contribution in [1.82, 2.24) is 9.80 Å². The van der Waals surface area contributed by atoms with Crippen LogP contribution in [-0.2, 0) is 16.0 Å². The first-order chi connectivity index (χ1) is 12.3. The molecule has 0 aromatic heterocycles. The van der Waals surface area contributed by atoms with Crippen molar-refractivity contribution in [2.45, 2.75) is 50.7 Å². The second-order valence-corrected chi connectivity index (χ2v) is 7.83. The first-order valence-corrected chi connectivity index (χ1v) is 10.00. The quantitative estimate of drug-likeness (QED) is 0.825. The molecule has 3 aliphatic rings. The number of carbonyl (C=O) groups excluding carboxylic acids is 1. The molecule has 136 valence electrons. The van der Waals surface area contributed by atoms with E-state index in [0.717, 1.165) is 64.8 Å². The third-order valence-electron chi connectivity index (χ3n) is 6.11. The van der Waals surface area contributed by atoms with Gasteiger partial charge in [-0.1, -0.05) is 30.3 Å². The summed E-state index contributed by atoms with van der Waals surface area (Å²) in [5.74, 6) is 0.502. The van der Waals surface area contributed by atoms with Crippen LogP contribution in [0.2, 0.25) is 0 Å². The zero-order valence-corrected chi connectivity index (χ0v) is 15.1. The second-order valence-electron chi connectivity index (χ2n) is 7.83. The molecule has 25 heavy (non-hydrogen) atoms. The lowest BCUT2D eigenvalue weighted by molar-refractivity contribution is -0.137. The normalized spacial score (nSPS) is 29.8. The van der Waals surface area contributed by atoms with E-state index in [0.29, 0.717) is 12.0 Å². The van der Waals surface area contributed by atoms with Crippen LogP contribution in [0.1, 0.15) is 37.7 Å². The Labute approximate surface area is 151 Å². The average Bonchev–Trinajstić information content (AvgIpc) is 3.20. The maximum Gasteiger partial charge on any atom is 0.228 e. The molecule has 3 unspecified atom stereocenters. The summed E-state index contributed by atoms with van der Waals surface area (Å²) in [5, 5.41) is 0. The standard InChI is InChI=1S/C21H30N2O2/c24-21(19-16-18-9-10-20(19)25-18)23-13-5-12-22(14-15-23)11-4-8-17-6-2-1-3-7-17/h1-3,6-7,18-20H,4-5,8-16H2. The molecule has 1 aromatic rings. The highest BCUT2D eigenvalue weighted by molar-refractivity contribution is 5.80. The van der Waals surface area contributed by atoms with Gasteiger partial charge in [0.2, 0.25) is 5.91 Å². The van der Waals surface area contributed by atoms with Gasteiger partial charge in [-0.05, 0) is 57.2 Å². The lowest BCUT2D eigenvalue weighted by atomic mass is 9.88. The Morgan fingerprint density at radius 2 is 1.96 bits per heavy atom. The second kappa shape index (κ2) is 7.88. The van der Waals surface area contributed by atoms with E-state index < -0.39 is 0 Å². The van der Waals surface area contributed by atoms with E-state index in [9.17, 15) is 4.79 Å². The molecule has 0 N–H and O–H groups in total. The molecular formula is C21H30N2O2. The van der Waals surface area contributed by atoms with Gasteiger partial charge in [0.25, 0.3) is 0 Å². The molecule has 4 heteroatoms. The minimum Gasteiger partial charge on any atom is -0.374 e. The maximum absolute atomic E-state index is 12.9. The van der Waals surface area contributed by atoms with E-state index in [1.54, 1.807) is 0 Å². The van der Waals surface area contributed by atoms with Crippen molar-refractivity contribution in [3.8, 4) is 0 Å². The molecular weight excluding hydrogens is 312 g/mol. The van der Waals surface area contributed by atoms with E-state index in [2.05, 4.69) is 40.1 Å². The van der Waals surface area contributed by atoms with Crippen molar-refractivity contribution in [3.63, 3.8) is 0 Å². The molecule has 0 aliphatic carbocycles. The Morgan fingerprint density at radius 3 is 2.72 bits per heavy atom. The van der Waals surface area contributed by atoms with Crippen molar-refractivity contribution in [1.29, 1.82) is 0 Å². The molecule has 3 fully saturated rings. The third-order valence-corrected chi connectivity index (χ3v) is 6.11. The molecule has 2 bridgehead atoms. The van der Waals surface area contributed by atoms with Gasteiger partial charge in [0.1, 0.15) is 0 Å². The Balaban J connectivity index is 1.22. The van der Waals surface area contributed by atoms with Crippen molar-refractivity contribution in [3.05, 3.63) is 35.9 Å². The van der Waals surface area contributed by atoms with Crippen molar-refractivity contribution >= 4 is 5.91 Å². The number of carbonyl (C=O) groups is 1. The highest BCUT2D eigenvalue weighted by Gasteiger charge is 2.45.